The Labute approximate surface area is 437 Å². The molecule has 2 atom stereocenters. The molecule has 0 spiro atoms. The second kappa shape index (κ2) is 27.5. The number of piperidine rings is 2. The van der Waals surface area contributed by atoms with Crippen LogP contribution in [0.3, 0.4) is 0 Å². The number of ether oxygens (including phenoxy) is 4. The highest BCUT2D eigenvalue weighted by Crippen LogP contribution is 2.35. The van der Waals surface area contributed by atoms with Crippen molar-refractivity contribution in [2.24, 2.45) is 0 Å². The van der Waals surface area contributed by atoms with E-state index < -0.39 is 17.5 Å². The third kappa shape index (κ3) is 14.9. The van der Waals surface area contributed by atoms with Gasteiger partial charge in [0.2, 0.25) is 17.7 Å². The highest BCUT2D eigenvalue weighted by atomic mass is 35.5. The molecule has 394 valence electrons. The number of benzene rings is 3. The van der Waals surface area contributed by atoms with Crippen molar-refractivity contribution in [2.75, 3.05) is 70.0 Å². The van der Waals surface area contributed by atoms with Gasteiger partial charge >= 0.3 is 0 Å². The summed E-state index contributed by atoms with van der Waals surface area (Å²) >= 11 is 0. The topological polar surface area (TPSA) is 240 Å². The van der Waals surface area contributed by atoms with Gasteiger partial charge in [0.15, 0.2) is 11.6 Å². The van der Waals surface area contributed by atoms with Crippen molar-refractivity contribution in [3.8, 4) is 17.1 Å². The molecule has 2 unspecified atom stereocenters. The Morgan fingerprint density at radius 1 is 0.824 bits per heavy atom. The number of anilines is 2. The van der Waals surface area contributed by atoms with Gasteiger partial charge < -0.3 is 45.1 Å². The number of amides is 5. The third-order valence-electron chi connectivity index (χ3n) is 13.3. The monoisotopic (exact) mass is 1030 g/mol. The number of pyridine rings is 1. The van der Waals surface area contributed by atoms with E-state index in [1.165, 1.54) is 4.90 Å². The molecule has 5 amide bonds. The fraction of sp³-hybridized carbons (Fsp3) is 0.444. The predicted molar refractivity (Wildman–Crippen MR) is 280 cm³/mol. The van der Waals surface area contributed by atoms with Gasteiger partial charge in [0.1, 0.15) is 11.8 Å². The van der Waals surface area contributed by atoms with E-state index in [-0.39, 0.29) is 67.9 Å². The van der Waals surface area contributed by atoms with Crippen LogP contribution in [-0.4, -0.2) is 120 Å². The van der Waals surface area contributed by atoms with Gasteiger partial charge in [-0.3, -0.25) is 39.4 Å². The summed E-state index contributed by atoms with van der Waals surface area (Å²) in [7, 11) is 0. The largest absolute Gasteiger partial charge is 0.494 e. The Morgan fingerprint density at radius 2 is 1.53 bits per heavy atom. The number of aromatic nitrogens is 4. The van der Waals surface area contributed by atoms with Crippen LogP contribution in [0, 0.1) is 0 Å². The summed E-state index contributed by atoms with van der Waals surface area (Å²) in [6, 6.07) is 23.4. The van der Waals surface area contributed by atoms with Crippen LogP contribution < -0.4 is 31.3 Å². The van der Waals surface area contributed by atoms with Crippen LogP contribution in [-0.2, 0) is 40.7 Å². The van der Waals surface area contributed by atoms with Crippen molar-refractivity contribution >= 4 is 53.3 Å². The predicted octanol–water partition coefficient (Wildman–Crippen LogP) is 6.64. The number of hydrogen-bond donors (Lipinski definition) is 6. The van der Waals surface area contributed by atoms with E-state index in [1.807, 2.05) is 67.6 Å². The maximum absolute atomic E-state index is 13.5. The lowest BCUT2D eigenvalue weighted by molar-refractivity contribution is -0.137. The van der Waals surface area contributed by atoms with Crippen LogP contribution in [0.2, 0.25) is 0 Å². The van der Waals surface area contributed by atoms with Crippen LogP contribution in [0.4, 0.5) is 11.4 Å². The molecule has 5 heterocycles. The Kier molecular flexibility index (Phi) is 20.4. The Hall–Kier alpha value is -6.77. The molecule has 2 saturated heterocycles. The van der Waals surface area contributed by atoms with E-state index >= 15 is 0 Å². The molecule has 0 radical (unpaired) electrons. The van der Waals surface area contributed by atoms with Crippen molar-refractivity contribution in [3.63, 3.8) is 0 Å². The zero-order chi connectivity index (χ0) is 50.8. The highest BCUT2D eigenvalue weighted by Gasteiger charge is 2.40. The molecule has 6 N–H and O–H groups in total. The maximum Gasteiger partial charge on any atom is 0.255 e. The molecular formula is C54H67ClN10O9. The quantitative estimate of drug-likeness (QED) is 0.0239. The number of H-pyrrole nitrogens is 1. The minimum atomic E-state index is -0.716. The minimum absolute atomic E-state index is 0. The first kappa shape index (κ1) is 55.0. The molecule has 2 fully saturated rings. The van der Waals surface area contributed by atoms with Crippen molar-refractivity contribution in [3.05, 3.63) is 119 Å². The average molecular weight is 1040 g/mol. The normalized spacial score (nSPS) is 16.4. The number of aromatic amines is 1. The summed E-state index contributed by atoms with van der Waals surface area (Å²) in [5.74, 6) is 0.716. The van der Waals surface area contributed by atoms with Gasteiger partial charge in [-0.2, -0.15) is 5.10 Å². The third-order valence-corrected chi connectivity index (χ3v) is 13.3. The summed E-state index contributed by atoms with van der Waals surface area (Å²) < 4.78 is 23.0. The van der Waals surface area contributed by atoms with Gasteiger partial charge in [0.25, 0.3) is 11.8 Å². The summed E-state index contributed by atoms with van der Waals surface area (Å²) in [6.45, 7) is 7.30. The summed E-state index contributed by atoms with van der Waals surface area (Å²) in [5, 5.41) is 23.2. The molecular weight excluding hydrogens is 968 g/mol. The van der Waals surface area contributed by atoms with E-state index in [1.54, 1.807) is 30.6 Å². The maximum atomic E-state index is 13.5. The zero-order valence-electron chi connectivity index (χ0n) is 41.8. The van der Waals surface area contributed by atoms with E-state index in [2.05, 4.69) is 41.8 Å². The SMILES string of the molecule is CC(NC(=O)c1cccc(NC2(c3nc(-c4ccncc4)n[nH]3)CCNCC2)c1)c1ccc(OCCCCCCOCCOCCOCCCC(=O)Nc2cccc3c2CN(C2CCC(=O)NC2=O)C3=O)cc1.Cl. The van der Waals surface area contributed by atoms with E-state index in [0.717, 1.165) is 80.0 Å². The average Bonchev–Trinajstić information content (AvgIpc) is 4.04. The van der Waals surface area contributed by atoms with Crippen LogP contribution in [0.15, 0.2) is 91.3 Å². The van der Waals surface area contributed by atoms with Gasteiger partial charge in [-0.25, -0.2) is 4.98 Å². The smallest absolute Gasteiger partial charge is 0.255 e. The lowest BCUT2D eigenvalue weighted by Crippen LogP contribution is -2.52. The molecule has 3 aliphatic rings. The molecule has 0 saturated carbocycles. The minimum Gasteiger partial charge on any atom is -0.494 e. The molecule has 20 heteroatoms. The molecule has 2 aromatic heterocycles. The number of imide groups is 1. The first-order chi connectivity index (χ1) is 35.7. The number of halogens is 1. The number of fused-ring (bicyclic) bond motifs is 1. The highest BCUT2D eigenvalue weighted by molar-refractivity contribution is 6.07. The van der Waals surface area contributed by atoms with E-state index in [0.29, 0.717) is 80.9 Å². The molecule has 3 aliphatic heterocycles. The molecule has 19 nitrogen and oxygen atoms in total. The number of nitrogens with zero attached hydrogens (tertiary/aromatic N) is 4. The zero-order valence-corrected chi connectivity index (χ0v) is 42.6. The second-order valence-electron chi connectivity index (χ2n) is 18.5. The molecule has 3 aromatic carbocycles. The van der Waals surface area contributed by atoms with Crippen molar-refractivity contribution in [1.82, 2.24) is 41.0 Å². The summed E-state index contributed by atoms with van der Waals surface area (Å²) in [4.78, 5) is 73.7. The van der Waals surface area contributed by atoms with Gasteiger partial charge in [-0.05, 0) is 125 Å². The fourth-order valence-electron chi connectivity index (χ4n) is 9.25. The van der Waals surface area contributed by atoms with Gasteiger partial charge in [-0.1, -0.05) is 30.7 Å². The van der Waals surface area contributed by atoms with Crippen molar-refractivity contribution in [1.29, 1.82) is 0 Å². The molecule has 5 aromatic rings. The molecule has 8 rings (SSSR count). The molecule has 74 heavy (non-hydrogen) atoms. The number of carbonyl (C=O) groups is 5. The lowest BCUT2D eigenvalue weighted by Gasteiger charge is -2.37. The van der Waals surface area contributed by atoms with Crippen LogP contribution in [0.1, 0.15) is 115 Å². The Balaban J connectivity index is 0.00000800. The van der Waals surface area contributed by atoms with Gasteiger partial charge in [0.05, 0.1) is 44.6 Å². The van der Waals surface area contributed by atoms with Crippen LogP contribution in [0.25, 0.3) is 11.4 Å². The number of nitrogens with one attached hydrogen (secondary N) is 6. The van der Waals surface area contributed by atoms with Crippen LogP contribution >= 0.6 is 12.4 Å². The van der Waals surface area contributed by atoms with E-state index in [9.17, 15) is 24.0 Å². The fourth-order valence-corrected chi connectivity index (χ4v) is 9.25. The van der Waals surface area contributed by atoms with Gasteiger partial charge in [-0.15, -0.1) is 12.4 Å². The number of unbranched alkanes of at least 4 members (excludes halogenated alkanes) is 3. The second-order valence-corrected chi connectivity index (χ2v) is 18.5. The number of hydrogen-bond acceptors (Lipinski definition) is 14. The number of carbonyl (C=O) groups excluding carboxylic acids is 5. The standard InChI is InChI=1S/C54H66N10O9.ClH/c1-37(57-50(67)40-9-6-10-41(35-40)61-54(22-26-56-27-23-54)53-60-49(62-63-53)39-20-24-55-25-21-39)38-14-16-42(17-15-38)73-30-5-3-2-4-28-70-31-33-72-34-32-71-29-8-13-47(65)58-45-12-7-11-43-44(45)36-64(52(43)69)46-18-19-48(66)59-51(46)68;/h6-7,9-12,14-17,20-21,24-25,35,37,46,56,61H,2-5,8,13,18-19,22-23,26-34,36H2,1H3,(H,57,67)(H,58,65)(H,59,66,68)(H,60,62,63);1H. The first-order valence-corrected chi connectivity index (χ1v) is 25.4. The molecule has 0 aliphatic carbocycles. The van der Waals surface area contributed by atoms with Crippen LogP contribution in [0.5, 0.6) is 5.75 Å². The molecule has 0 bridgehead atoms. The Bertz CT molecular complexity index is 2650. The number of rotatable bonds is 27. The van der Waals surface area contributed by atoms with Crippen molar-refractivity contribution in [2.45, 2.75) is 95.3 Å². The van der Waals surface area contributed by atoms with Crippen molar-refractivity contribution < 1.29 is 42.9 Å². The lowest BCUT2D eigenvalue weighted by atomic mass is 9.87. The summed E-state index contributed by atoms with van der Waals surface area (Å²) in [6.07, 6.45) is 10.2. The first-order valence-electron chi connectivity index (χ1n) is 25.4. The van der Waals surface area contributed by atoms with E-state index in [4.69, 9.17) is 23.9 Å². The van der Waals surface area contributed by atoms with Gasteiger partial charge in [0, 0.05) is 78.6 Å². The Morgan fingerprint density at radius 3 is 2.27 bits per heavy atom. The summed E-state index contributed by atoms with van der Waals surface area (Å²) in [5.41, 5.74) is 4.44.